The van der Waals surface area contributed by atoms with Crippen molar-refractivity contribution in [3.63, 3.8) is 0 Å². The number of ether oxygens (including phenoxy) is 2. The summed E-state index contributed by atoms with van der Waals surface area (Å²) in [5, 5.41) is 14.2. The van der Waals surface area contributed by atoms with E-state index < -0.39 is 38.3 Å². The first-order chi connectivity index (χ1) is 28.4. The molecule has 0 radical (unpaired) electrons. The molecule has 2 aromatic heterocycles. The van der Waals surface area contributed by atoms with Gasteiger partial charge in [0.2, 0.25) is 11.8 Å². The van der Waals surface area contributed by atoms with E-state index in [1.165, 1.54) is 20.5 Å². The number of rotatable bonds is 8. The topological polar surface area (TPSA) is 208 Å². The van der Waals surface area contributed by atoms with Gasteiger partial charge in [-0.15, -0.1) is 0 Å². The van der Waals surface area contributed by atoms with Gasteiger partial charge in [-0.1, -0.05) is 6.07 Å². The van der Waals surface area contributed by atoms with Gasteiger partial charge in [-0.25, -0.2) is 49.6 Å². The number of halogens is 1. The lowest BCUT2D eigenvalue weighted by Gasteiger charge is -2.39. The van der Waals surface area contributed by atoms with Gasteiger partial charge in [0, 0.05) is 17.8 Å². The van der Waals surface area contributed by atoms with E-state index in [9.17, 15) is 26.4 Å². The summed E-state index contributed by atoms with van der Waals surface area (Å²) in [7, 11) is -7.03. The molecule has 0 saturated heterocycles. The van der Waals surface area contributed by atoms with Crippen molar-refractivity contribution in [2.45, 2.75) is 112 Å². The number of nitrogens with one attached hydrogen (secondary N) is 4. The standard InChI is InChI=1S/C39H44FN9O8S2/c1-47(23-19-48-36(57-20-23)30(17-41-48)58(52,53)45-38(50)43-34-24-8-2-6-21(24)16-22-7-3-9-25(22)34)32-14-15-56-37-31(18-42-49(32)37)59(54,55)46-39(51)44-35-28-12-4-10-26(28)33(40)27-11-5-13-29(27)35/h16-18,23,32H,2-15,19-20H2,1H3,(H2,43,45,50)(H2,44,46,51)/t23-,32?/m1/s1. The summed E-state index contributed by atoms with van der Waals surface area (Å²) in [6.45, 7) is 0.416. The SMILES string of the molecule is CN(C1CCOc2c(S(=O)(=O)NC(=O)Nc3c4c(c(F)c5c3CCC5)CCC4)cnn21)[C@H]1COc2c(S(=O)(=O)NC(=O)Nc3c4c(cc5c3CCC5)CCC4)cnn2C1. The van der Waals surface area contributed by atoms with Gasteiger partial charge < -0.3 is 20.1 Å². The predicted molar refractivity (Wildman–Crippen MR) is 210 cm³/mol. The molecule has 4 aliphatic carbocycles. The minimum atomic E-state index is -4.46. The number of carbonyl (C=O) groups excluding carboxylic acids is 2. The quantitative estimate of drug-likeness (QED) is 0.200. The predicted octanol–water partition coefficient (Wildman–Crippen LogP) is 3.87. The molecular formula is C39H44FN9O8S2. The van der Waals surface area contributed by atoms with Crippen molar-refractivity contribution in [3.8, 4) is 11.8 Å². The van der Waals surface area contributed by atoms with Crippen LogP contribution in [0.15, 0.2) is 28.3 Å². The molecule has 4 N–H and O–H groups in total. The molecule has 4 heterocycles. The van der Waals surface area contributed by atoms with Crippen molar-refractivity contribution in [2.24, 2.45) is 0 Å². The van der Waals surface area contributed by atoms with Crippen LogP contribution in [0.1, 0.15) is 82.8 Å². The molecule has 312 valence electrons. The zero-order valence-corrected chi connectivity index (χ0v) is 34.0. The number of likely N-dealkylation sites (N-methyl/N-ethyl adjacent to an activating group) is 1. The average molecular weight is 850 g/mol. The third-order valence-electron chi connectivity index (χ3n) is 12.8. The third kappa shape index (κ3) is 6.41. The third-order valence-corrected chi connectivity index (χ3v) is 15.4. The van der Waals surface area contributed by atoms with Crippen LogP contribution in [-0.4, -0.2) is 79.7 Å². The first kappa shape index (κ1) is 38.0. The van der Waals surface area contributed by atoms with Crippen LogP contribution >= 0.6 is 0 Å². The van der Waals surface area contributed by atoms with Crippen molar-refractivity contribution in [2.75, 3.05) is 30.9 Å². The van der Waals surface area contributed by atoms with E-state index in [1.54, 1.807) is 0 Å². The van der Waals surface area contributed by atoms with Gasteiger partial charge >= 0.3 is 12.1 Å². The average Bonchev–Trinajstić information content (AvgIpc) is 4.05. The zero-order chi connectivity index (χ0) is 40.8. The summed E-state index contributed by atoms with van der Waals surface area (Å²) in [5.41, 5.74) is 8.47. The van der Waals surface area contributed by atoms with Crippen molar-refractivity contribution in [1.82, 2.24) is 33.9 Å². The van der Waals surface area contributed by atoms with Crippen molar-refractivity contribution in [3.05, 3.63) is 68.8 Å². The normalized spacial score (nSPS) is 20.1. The lowest BCUT2D eigenvalue weighted by atomic mass is 9.98. The number of fused-ring (bicyclic) bond motifs is 6. The minimum Gasteiger partial charge on any atom is -0.477 e. The largest absolute Gasteiger partial charge is 0.477 e. The number of urea groups is 2. The molecule has 0 saturated carbocycles. The number of hydrogen-bond acceptors (Lipinski definition) is 11. The molecule has 4 amide bonds. The molecule has 0 bridgehead atoms. The Hall–Kier alpha value is -5.21. The second kappa shape index (κ2) is 14.2. The highest BCUT2D eigenvalue weighted by Gasteiger charge is 2.39. The lowest BCUT2D eigenvalue weighted by molar-refractivity contribution is 0.0104. The van der Waals surface area contributed by atoms with Crippen molar-refractivity contribution in [1.29, 1.82) is 0 Å². The number of nitrogens with zero attached hydrogens (tertiary/aromatic N) is 5. The number of hydrogen-bond donors (Lipinski definition) is 4. The molecule has 0 fully saturated rings. The molecule has 0 spiro atoms. The van der Waals surface area contributed by atoms with Crippen LogP contribution in [0.3, 0.4) is 0 Å². The monoisotopic (exact) mass is 849 g/mol. The van der Waals surface area contributed by atoms with Crippen LogP contribution in [0.5, 0.6) is 11.8 Å². The fourth-order valence-electron chi connectivity index (χ4n) is 10.0. The number of sulfonamides is 2. The van der Waals surface area contributed by atoms with E-state index in [0.717, 1.165) is 91.7 Å². The fraction of sp³-hybridized carbons (Fsp3) is 0.487. The molecule has 4 aromatic rings. The molecular weight excluding hydrogens is 806 g/mol. The molecule has 10 rings (SSSR count). The lowest BCUT2D eigenvalue weighted by Crippen LogP contribution is -2.48. The second-order valence-electron chi connectivity index (χ2n) is 16.2. The molecule has 6 aliphatic rings. The maximum absolute atomic E-state index is 15.2. The zero-order valence-electron chi connectivity index (χ0n) is 32.4. The van der Waals surface area contributed by atoms with Gasteiger partial charge in [-0.2, -0.15) is 10.2 Å². The van der Waals surface area contributed by atoms with E-state index in [1.807, 2.05) is 11.9 Å². The smallest absolute Gasteiger partial charge is 0.333 e. The Morgan fingerprint density at radius 3 is 1.88 bits per heavy atom. The molecule has 2 aromatic carbocycles. The molecule has 59 heavy (non-hydrogen) atoms. The Balaban J connectivity index is 0.814. The van der Waals surface area contributed by atoms with Crippen LogP contribution in [0, 0.1) is 5.82 Å². The first-order valence-corrected chi connectivity index (χ1v) is 23.1. The summed E-state index contributed by atoms with van der Waals surface area (Å²) < 4.78 is 88.5. The van der Waals surface area contributed by atoms with E-state index in [-0.39, 0.29) is 53.2 Å². The van der Waals surface area contributed by atoms with E-state index in [4.69, 9.17) is 9.47 Å². The number of amides is 4. The fourth-order valence-corrected chi connectivity index (χ4v) is 12.0. The highest BCUT2D eigenvalue weighted by molar-refractivity contribution is 7.90. The van der Waals surface area contributed by atoms with Gasteiger partial charge in [0.25, 0.3) is 20.0 Å². The highest BCUT2D eigenvalue weighted by atomic mass is 32.2. The Kier molecular flexibility index (Phi) is 9.16. The Bertz CT molecular complexity index is 2610. The van der Waals surface area contributed by atoms with E-state index in [2.05, 4.69) is 36.3 Å². The van der Waals surface area contributed by atoms with Gasteiger partial charge in [-0.05, 0) is 129 Å². The molecule has 2 aliphatic heterocycles. The molecule has 17 nitrogen and oxygen atoms in total. The van der Waals surface area contributed by atoms with Gasteiger partial charge in [0.1, 0.15) is 18.6 Å². The number of aryl methyl sites for hydroxylation is 2. The summed E-state index contributed by atoms with van der Waals surface area (Å²) in [4.78, 5) is 27.8. The summed E-state index contributed by atoms with van der Waals surface area (Å²) >= 11 is 0. The number of aromatic nitrogens is 4. The van der Waals surface area contributed by atoms with Crippen molar-refractivity contribution >= 4 is 43.5 Å². The van der Waals surface area contributed by atoms with Gasteiger partial charge in [0.05, 0.1) is 31.6 Å². The van der Waals surface area contributed by atoms with Crippen LogP contribution in [0.4, 0.5) is 25.4 Å². The van der Waals surface area contributed by atoms with Crippen LogP contribution in [-0.2, 0) is 78.0 Å². The van der Waals surface area contributed by atoms with Gasteiger partial charge in [-0.3, -0.25) is 4.90 Å². The van der Waals surface area contributed by atoms with Crippen LogP contribution < -0.4 is 29.6 Å². The summed E-state index contributed by atoms with van der Waals surface area (Å²) in [6, 6.07) is 0.0628. The number of anilines is 2. The second-order valence-corrected chi connectivity index (χ2v) is 19.5. The van der Waals surface area contributed by atoms with Crippen LogP contribution in [0.25, 0.3) is 0 Å². The maximum Gasteiger partial charge on any atom is 0.333 e. The van der Waals surface area contributed by atoms with E-state index in [0.29, 0.717) is 48.9 Å². The number of benzene rings is 2. The van der Waals surface area contributed by atoms with Crippen molar-refractivity contribution < 1.29 is 40.3 Å². The molecule has 2 atom stereocenters. The molecule has 1 unspecified atom stereocenters. The van der Waals surface area contributed by atoms with Crippen LogP contribution in [0.2, 0.25) is 0 Å². The highest BCUT2D eigenvalue weighted by Crippen LogP contribution is 2.42. The number of carbonyl (C=O) groups is 2. The summed E-state index contributed by atoms with van der Waals surface area (Å²) in [5.74, 6) is -0.246. The summed E-state index contributed by atoms with van der Waals surface area (Å²) in [6.07, 6.45) is 11.6. The first-order valence-electron chi connectivity index (χ1n) is 20.2. The Labute approximate surface area is 340 Å². The maximum atomic E-state index is 15.2. The van der Waals surface area contributed by atoms with Gasteiger partial charge in [0.15, 0.2) is 9.79 Å². The molecule has 20 heteroatoms. The Morgan fingerprint density at radius 2 is 1.25 bits per heavy atom. The van der Waals surface area contributed by atoms with E-state index >= 15 is 4.39 Å². The Morgan fingerprint density at radius 1 is 0.729 bits per heavy atom. The minimum absolute atomic E-state index is 0.00326.